The molecule has 0 saturated carbocycles. The van der Waals surface area contributed by atoms with Crippen LogP contribution in [0.3, 0.4) is 0 Å². The molecule has 2 aliphatic rings. The van der Waals surface area contributed by atoms with Crippen molar-refractivity contribution in [3.8, 4) is 6.07 Å². The summed E-state index contributed by atoms with van der Waals surface area (Å²) in [5.74, 6) is -0.298. The molecule has 27 heavy (non-hydrogen) atoms. The van der Waals surface area contributed by atoms with Gasteiger partial charge in [0.25, 0.3) is 5.91 Å². The molecule has 1 fully saturated rings. The van der Waals surface area contributed by atoms with Gasteiger partial charge in [0.05, 0.1) is 29.3 Å². The highest BCUT2D eigenvalue weighted by Crippen LogP contribution is 2.22. The van der Waals surface area contributed by atoms with E-state index in [1.807, 2.05) is 19.9 Å². The molecule has 144 valence electrons. The highest BCUT2D eigenvalue weighted by Gasteiger charge is 2.32. The third-order valence-electron chi connectivity index (χ3n) is 4.37. The molecule has 1 aromatic carbocycles. The number of ether oxygens (including phenoxy) is 2. The van der Waals surface area contributed by atoms with Crippen LogP contribution < -0.4 is 5.32 Å². The molecule has 8 nitrogen and oxygen atoms in total. The molecule has 1 N–H and O–H groups in total. The van der Waals surface area contributed by atoms with Crippen LogP contribution in [0, 0.1) is 11.3 Å². The van der Waals surface area contributed by atoms with Crippen molar-refractivity contribution in [2.45, 2.75) is 37.4 Å². The zero-order valence-electron chi connectivity index (χ0n) is 15.1. The Kier molecular flexibility index (Phi) is 5.51. The minimum Gasteiger partial charge on any atom is -0.478 e. The Morgan fingerprint density at radius 2 is 1.85 bits per heavy atom. The van der Waals surface area contributed by atoms with Gasteiger partial charge in [-0.15, -0.1) is 0 Å². The number of sulfonamides is 1. The minimum atomic E-state index is -3.66. The summed E-state index contributed by atoms with van der Waals surface area (Å²) in [6.07, 6.45) is 0.102. The first kappa shape index (κ1) is 19.4. The first-order valence-corrected chi connectivity index (χ1v) is 10.1. The van der Waals surface area contributed by atoms with Gasteiger partial charge in [-0.1, -0.05) is 0 Å². The van der Waals surface area contributed by atoms with Gasteiger partial charge in [-0.25, -0.2) is 8.42 Å². The number of benzene rings is 1. The van der Waals surface area contributed by atoms with Gasteiger partial charge in [-0.05, 0) is 38.1 Å². The molecule has 3 rings (SSSR count). The van der Waals surface area contributed by atoms with E-state index in [0.29, 0.717) is 18.6 Å². The van der Waals surface area contributed by atoms with Crippen LogP contribution in [0.5, 0.6) is 0 Å². The zero-order valence-corrected chi connectivity index (χ0v) is 16.0. The maximum Gasteiger partial charge on any atom is 0.257 e. The summed E-state index contributed by atoms with van der Waals surface area (Å²) >= 11 is 0. The fourth-order valence-corrected chi connectivity index (χ4v) is 4.69. The number of rotatable bonds is 4. The third-order valence-corrected chi connectivity index (χ3v) is 6.22. The van der Waals surface area contributed by atoms with E-state index < -0.39 is 15.9 Å². The predicted octanol–water partition coefficient (Wildman–Crippen LogP) is 1.37. The van der Waals surface area contributed by atoms with Gasteiger partial charge >= 0.3 is 0 Å². The van der Waals surface area contributed by atoms with E-state index in [2.05, 4.69) is 5.32 Å². The van der Waals surface area contributed by atoms with Crippen molar-refractivity contribution in [3.63, 3.8) is 0 Å². The van der Waals surface area contributed by atoms with E-state index in [9.17, 15) is 13.2 Å². The van der Waals surface area contributed by atoms with Gasteiger partial charge in [0, 0.05) is 25.1 Å². The lowest BCUT2D eigenvalue weighted by molar-refractivity contribution is -0.0440. The number of hydrogen-bond acceptors (Lipinski definition) is 6. The molecule has 2 aliphatic heterocycles. The lowest BCUT2D eigenvalue weighted by atomic mass is 10.2. The molecule has 2 heterocycles. The van der Waals surface area contributed by atoms with Crippen molar-refractivity contribution in [1.82, 2.24) is 9.62 Å². The van der Waals surface area contributed by atoms with Gasteiger partial charge in [0.15, 0.2) is 0 Å². The highest BCUT2D eigenvalue weighted by molar-refractivity contribution is 7.89. The fourth-order valence-electron chi connectivity index (χ4n) is 3.10. The van der Waals surface area contributed by atoms with E-state index in [4.69, 9.17) is 14.7 Å². The van der Waals surface area contributed by atoms with Crippen molar-refractivity contribution in [1.29, 1.82) is 5.26 Å². The number of hydrogen-bond donors (Lipinski definition) is 1. The molecule has 0 radical (unpaired) electrons. The maximum absolute atomic E-state index is 12.8. The van der Waals surface area contributed by atoms with Crippen LogP contribution in [0.4, 0.5) is 0 Å². The molecule has 0 aromatic heterocycles. The van der Waals surface area contributed by atoms with Gasteiger partial charge in [0.1, 0.15) is 6.07 Å². The van der Waals surface area contributed by atoms with Crippen LogP contribution in [0.15, 0.2) is 40.6 Å². The van der Waals surface area contributed by atoms with Crippen LogP contribution in [0.1, 0.15) is 30.6 Å². The Morgan fingerprint density at radius 1 is 1.22 bits per heavy atom. The van der Waals surface area contributed by atoms with Crippen molar-refractivity contribution < 1.29 is 22.7 Å². The van der Waals surface area contributed by atoms with Gasteiger partial charge < -0.3 is 9.47 Å². The zero-order chi connectivity index (χ0) is 19.6. The standard InChI is InChI=1S/C18H21N3O5S/c1-12-10-21(11-13(2)26-12)27(23,24)16-5-3-14(4-6-16)17(22)20-18-15(9-19)7-8-25-18/h3-6,12-13H,7-8,10-11H2,1-2H3,(H,20,22)/t12-,13-/m1/s1. The van der Waals surface area contributed by atoms with Crippen molar-refractivity contribution in [3.05, 3.63) is 41.3 Å². The van der Waals surface area contributed by atoms with Gasteiger partial charge in [0.2, 0.25) is 15.9 Å². The molecule has 1 saturated heterocycles. The predicted molar refractivity (Wildman–Crippen MR) is 95.9 cm³/mol. The quantitative estimate of drug-likeness (QED) is 0.830. The Morgan fingerprint density at radius 3 is 2.44 bits per heavy atom. The largest absolute Gasteiger partial charge is 0.478 e. The minimum absolute atomic E-state index is 0.120. The lowest BCUT2D eigenvalue weighted by Crippen LogP contribution is -2.48. The second-order valence-corrected chi connectivity index (χ2v) is 8.51. The summed E-state index contributed by atoms with van der Waals surface area (Å²) in [6, 6.07) is 7.68. The highest BCUT2D eigenvalue weighted by atomic mass is 32.2. The van der Waals surface area contributed by atoms with Crippen molar-refractivity contribution in [2.24, 2.45) is 0 Å². The smallest absolute Gasteiger partial charge is 0.257 e. The Balaban J connectivity index is 1.75. The first-order valence-electron chi connectivity index (χ1n) is 8.64. The molecule has 0 bridgehead atoms. The SMILES string of the molecule is C[C@@H]1CN(S(=O)(=O)c2ccc(C(=O)NC3=C(C#N)CCO3)cc2)C[C@@H](C)O1. The summed E-state index contributed by atoms with van der Waals surface area (Å²) < 4.78 is 37.9. The number of nitriles is 1. The molecular formula is C18H21N3O5S. The number of nitrogens with one attached hydrogen (secondary N) is 1. The van der Waals surface area contributed by atoms with Crippen molar-refractivity contribution in [2.75, 3.05) is 19.7 Å². The third kappa shape index (κ3) is 4.13. The Bertz CT molecular complexity index is 892. The summed E-state index contributed by atoms with van der Waals surface area (Å²) in [5, 5.41) is 11.5. The summed E-state index contributed by atoms with van der Waals surface area (Å²) in [4.78, 5) is 12.4. The summed E-state index contributed by atoms with van der Waals surface area (Å²) in [6.45, 7) is 4.60. The summed E-state index contributed by atoms with van der Waals surface area (Å²) in [7, 11) is -3.66. The molecule has 2 atom stereocenters. The number of morpholine rings is 1. The number of amides is 1. The lowest BCUT2D eigenvalue weighted by Gasteiger charge is -2.34. The molecular weight excluding hydrogens is 370 g/mol. The summed E-state index contributed by atoms with van der Waals surface area (Å²) in [5.41, 5.74) is 0.663. The van der Waals surface area contributed by atoms with E-state index in [0.717, 1.165) is 0 Å². The molecule has 0 unspecified atom stereocenters. The van der Waals surface area contributed by atoms with Crippen LogP contribution in [-0.4, -0.2) is 50.5 Å². The average Bonchev–Trinajstić information content (AvgIpc) is 3.08. The Labute approximate surface area is 158 Å². The number of nitrogens with zero attached hydrogens (tertiary/aromatic N) is 2. The van der Waals surface area contributed by atoms with E-state index in [1.54, 1.807) is 0 Å². The topological polar surface area (TPSA) is 109 Å². The average molecular weight is 391 g/mol. The maximum atomic E-state index is 12.8. The Hall–Kier alpha value is -2.41. The molecule has 1 amide bonds. The van der Waals surface area contributed by atoms with E-state index in [1.165, 1.54) is 28.6 Å². The molecule has 9 heteroatoms. The van der Waals surface area contributed by atoms with Gasteiger partial charge in [-0.3, -0.25) is 10.1 Å². The number of carbonyl (C=O) groups excluding carboxylic acids is 1. The second-order valence-electron chi connectivity index (χ2n) is 6.58. The van der Waals surface area contributed by atoms with Crippen LogP contribution in [-0.2, 0) is 19.5 Å². The van der Waals surface area contributed by atoms with Crippen LogP contribution in [0.2, 0.25) is 0 Å². The molecule has 0 aliphatic carbocycles. The van der Waals surface area contributed by atoms with E-state index >= 15 is 0 Å². The van der Waals surface area contributed by atoms with Crippen LogP contribution >= 0.6 is 0 Å². The van der Waals surface area contributed by atoms with Crippen molar-refractivity contribution >= 4 is 15.9 Å². The monoisotopic (exact) mass is 391 g/mol. The van der Waals surface area contributed by atoms with E-state index in [-0.39, 0.29) is 41.6 Å². The van der Waals surface area contributed by atoms with Crippen LogP contribution in [0.25, 0.3) is 0 Å². The normalized spacial score (nSPS) is 23.6. The first-order chi connectivity index (χ1) is 12.8. The van der Waals surface area contributed by atoms with Gasteiger partial charge in [-0.2, -0.15) is 9.57 Å². The second kappa shape index (κ2) is 7.68. The fraction of sp³-hybridized carbons (Fsp3) is 0.444. The number of carbonyl (C=O) groups is 1. The molecule has 0 spiro atoms. The molecule has 1 aromatic rings.